The van der Waals surface area contributed by atoms with Gasteiger partial charge in [-0.15, -0.1) is 10.2 Å². The number of hydrogen-bond donors (Lipinski definition) is 2. The normalized spacial score (nSPS) is 11.1. The molecule has 2 aromatic carbocycles. The molecule has 3 rings (SSSR count). The molecule has 1 heterocycles. The van der Waals surface area contributed by atoms with Gasteiger partial charge in [-0.25, -0.2) is 8.42 Å². The highest BCUT2D eigenvalue weighted by Gasteiger charge is 2.12. The summed E-state index contributed by atoms with van der Waals surface area (Å²) in [5.74, 6) is 0.734. The highest BCUT2D eigenvalue weighted by atomic mass is 32.2. The molecule has 3 aromatic rings. The van der Waals surface area contributed by atoms with E-state index in [9.17, 15) is 8.42 Å². The van der Waals surface area contributed by atoms with Crippen molar-refractivity contribution >= 4 is 27.3 Å². The van der Waals surface area contributed by atoms with Crippen molar-refractivity contribution < 1.29 is 8.42 Å². The van der Waals surface area contributed by atoms with E-state index >= 15 is 0 Å². The van der Waals surface area contributed by atoms with Crippen molar-refractivity contribution in [3.05, 3.63) is 77.9 Å². The van der Waals surface area contributed by atoms with E-state index in [1.54, 1.807) is 12.1 Å². The Morgan fingerprint density at radius 1 is 0.885 bits per heavy atom. The summed E-state index contributed by atoms with van der Waals surface area (Å²) in [6, 6.07) is 20.6. The summed E-state index contributed by atoms with van der Waals surface area (Å²) < 4.78 is 26.8. The summed E-state index contributed by atoms with van der Waals surface area (Å²) >= 11 is 0. The molecule has 0 aliphatic rings. The number of benzene rings is 2. The highest BCUT2D eigenvalue weighted by molar-refractivity contribution is 7.92. The first-order valence-corrected chi connectivity index (χ1v) is 9.87. The molecule has 0 aliphatic heterocycles. The lowest BCUT2D eigenvalue weighted by atomic mass is 10.2. The van der Waals surface area contributed by atoms with Gasteiger partial charge in [0.2, 0.25) is 10.0 Å². The van der Waals surface area contributed by atoms with E-state index in [-0.39, 0.29) is 11.6 Å². The molecule has 0 atom stereocenters. The van der Waals surface area contributed by atoms with Crippen LogP contribution in [0.3, 0.4) is 0 Å². The molecule has 1 aromatic heterocycles. The monoisotopic (exact) mass is 368 g/mol. The van der Waals surface area contributed by atoms with Crippen LogP contribution >= 0.6 is 0 Å². The van der Waals surface area contributed by atoms with Gasteiger partial charge in [0.1, 0.15) is 0 Å². The fraction of sp³-hybridized carbons (Fsp3) is 0.158. The van der Waals surface area contributed by atoms with Gasteiger partial charge in [0, 0.05) is 5.69 Å². The molecule has 0 radical (unpaired) electrons. The second-order valence-corrected chi connectivity index (χ2v) is 7.80. The third kappa shape index (κ3) is 5.29. The highest BCUT2D eigenvalue weighted by Crippen LogP contribution is 2.16. The van der Waals surface area contributed by atoms with Gasteiger partial charge in [-0.2, -0.15) is 0 Å². The van der Waals surface area contributed by atoms with E-state index in [2.05, 4.69) is 20.2 Å². The van der Waals surface area contributed by atoms with Crippen LogP contribution in [-0.2, 0) is 16.4 Å². The Bertz CT molecular complexity index is 958. The second kappa shape index (κ2) is 7.97. The van der Waals surface area contributed by atoms with Crippen LogP contribution in [0.2, 0.25) is 0 Å². The molecule has 2 N–H and O–H groups in total. The minimum Gasteiger partial charge on any atom is -0.339 e. The van der Waals surface area contributed by atoms with Crippen molar-refractivity contribution in [2.75, 3.05) is 15.8 Å². The molecule has 0 saturated carbocycles. The van der Waals surface area contributed by atoms with E-state index in [4.69, 9.17) is 0 Å². The number of nitrogens with one attached hydrogen (secondary N) is 2. The average molecular weight is 368 g/mol. The van der Waals surface area contributed by atoms with E-state index in [1.165, 1.54) is 0 Å². The minimum absolute atomic E-state index is 0.0119. The summed E-state index contributed by atoms with van der Waals surface area (Å²) in [5.41, 5.74) is 3.00. The fourth-order valence-electron chi connectivity index (χ4n) is 2.43. The molecule has 26 heavy (non-hydrogen) atoms. The van der Waals surface area contributed by atoms with E-state index in [0.29, 0.717) is 12.2 Å². The minimum atomic E-state index is -3.48. The Hall–Kier alpha value is -2.93. The Morgan fingerprint density at radius 3 is 2.31 bits per heavy atom. The maximum absolute atomic E-state index is 12.2. The molecule has 0 fully saturated rings. The first kappa shape index (κ1) is 17.9. The average Bonchev–Trinajstić information content (AvgIpc) is 2.63. The summed E-state index contributed by atoms with van der Waals surface area (Å²) in [6.07, 6.45) is 0.441. The van der Waals surface area contributed by atoms with Crippen LogP contribution in [0.15, 0.2) is 66.7 Å². The second-order valence-electron chi connectivity index (χ2n) is 5.95. The zero-order valence-electron chi connectivity index (χ0n) is 14.4. The van der Waals surface area contributed by atoms with Gasteiger partial charge in [-0.3, -0.25) is 4.72 Å². The van der Waals surface area contributed by atoms with E-state index in [0.717, 1.165) is 16.8 Å². The molecule has 6 nitrogen and oxygen atoms in total. The van der Waals surface area contributed by atoms with Crippen molar-refractivity contribution in [2.24, 2.45) is 0 Å². The number of hydrogen-bond acceptors (Lipinski definition) is 5. The van der Waals surface area contributed by atoms with Gasteiger partial charge < -0.3 is 5.32 Å². The molecule has 0 bridgehead atoms. The largest absolute Gasteiger partial charge is 0.339 e. The van der Waals surface area contributed by atoms with Crippen LogP contribution in [-0.4, -0.2) is 24.4 Å². The van der Waals surface area contributed by atoms with Crippen molar-refractivity contribution in [1.29, 1.82) is 0 Å². The van der Waals surface area contributed by atoms with Crippen LogP contribution in [0.1, 0.15) is 11.1 Å². The number of aromatic nitrogens is 2. The quantitative estimate of drug-likeness (QED) is 0.667. The number of rotatable bonds is 7. The Kier molecular flexibility index (Phi) is 5.48. The van der Waals surface area contributed by atoms with Crippen LogP contribution in [0.4, 0.5) is 17.3 Å². The van der Waals surface area contributed by atoms with Gasteiger partial charge in [0.15, 0.2) is 11.6 Å². The topological polar surface area (TPSA) is 84.0 Å². The molecule has 0 saturated heterocycles. The molecular weight excluding hydrogens is 348 g/mol. The first-order chi connectivity index (χ1) is 12.5. The predicted molar refractivity (Wildman–Crippen MR) is 104 cm³/mol. The number of sulfonamides is 1. The molecule has 134 valence electrons. The number of anilines is 3. The third-order valence-electron chi connectivity index (χ3n) is 3.72. The lowest BCUT2D eigenvalue weighted by molar-refractivity contribution is 0.600. The fourth-order valence-corrected chi connectivity index (χ4v) is 3.47. The smallest absolute Gasteiger partial charge is 0.234 e. The van der Waals surface area contributed by atoms with Gasteiger partial charge in [0.25, 0.3) is 0 Å². The van der Waals surface area contributed by atoms with Gasteiger partial charge in [-0.05, 0) is 48.7 Å². The van der Waals surface area contributed by atoms with Crippen LogP contribution < -0.4 is 10.0 Å². The van der Waals surface area contributed by atoms with E-state index in [1.807, 2.05) is 61.5 Å². The molecule has 7 heteroatoms. The summed E-state index contributed by atoms with van der Waals surface area (Å²) in [5, 5.41) is 11.1. The summed E-state index contributed by atoms with van der Waals surface area (Å²) in [6.45, 7) is 2.00. The van der Waals surface area contributed by atoms with Crippen molar-refractivity contribution in [3.8, 4) is 0 Å². The Labute approximate surface area is 153 Å². The van der Waals surface area contributed by atoms with Crippen LogP contribution in [0.25, 0.3) is 0 Å². The maximum Gasteiger partial charge on any atom is 0.234 e. The summed E-state index contributed by atoms with van der Waals surface area (Å²) in [4.78, 5) is 0. The maximum atomic E-state index is 12.2. The van der Waals surface area contributed by atoms with E-state index < -0.39 is 10.0 Å². The van der Waals surface area contributed by atoms with Crippen LogP contribution in [0.5, 0.6) is 0 Å². The molecule has 0 aliphatic carbocycles. The predicted octanol–water partition coefficient (Wildman–Crippen LogP) is 3.51. The SMILES string of the molecule is Cc1cccc(Nc2ccc(NS(=O)(=O)CCc3ccccc3)nn2)c1. The standard InChI is InChI=1S/C19H20N4O2S/c1-15-6-5-9-17(14-15)20-18-10-11-19(22-21-18)23-26(24,25)13-12-16-7-3-2-4-8-16/h2-11,14H,12-13H2,1H3,(H,20,21)(H,22,23). The number of aryl methyl sites for hydroxylation is 2. The van der Waals surface area contributed by atoms with Gasteiger partial charge in [0.05, 0.1) is 5.75 Å². The molecule has 0 amide bonds. The first-order valence-electron chi connectivity index (χ1n) is 8.22. The lowest BCUT2D eigenvalue weighted by Gasteiger charge is -2.09. The molecule has 0 spiro atoms. The van der Waals surface area contributed by atoms with Crippen molar-refractivity contribution in [2.45, 2.75) is 13.3 Å². The van der Waals surface area contributed by atoms with Crippen molar-refractivity contribution in [3.63, 3.8) is 0 Å². The zero-order chi connectivity index (χ0) is 18.4. The van der Waals surface area contributed by atoms with Gasteiger partial charge >= 0.3 is 0 Å². The zero-order valence-corrected chi connectivity index (χ0v) is 15.2. The lowest BCUT2D eigenvalue weighted by Crippen LogP contribution is -2.19. The van der Waals surface area contributed by atoms with Crippen LogP contribution in [0, 0.1) is 6.92 Å². The molecular formula is C19H20N4O2S. The molecule has 0 unspecified atom stereocenters. The Morgan fingerprint density at radius 2 is 1.62 bits per heavy atom. The van der Waals surface area contributed by atoms with Gasteiger partial charge in [-0.1, -0.05) is 42.5 Å². The Balaban J connectivity index is 1.59. The third-order valence-corrected chi connectivity index (χ3v) is 4.98. The number of nitrogens with zero attached hydrogens (tertiary/aromatic N) is 2. The summed E-state index contributed by atoms with van der Waals surface area (Å²) in [7, 11) is -3.48. The van der Waals surface area contributed by atoms with Crippen molar-refractivity contribution in [1.82, 2.24) is 10.2 Å².